The van der Waals surface area contributed by atoms with E-state index in [1.54, 1.807) is 0 Å². The summed E-state index contributed by atoms with van der Waals surface area (Å²) in [6, 6.07) is 66.6. The van der Waals surface area contributed by atoms with Crippen LogP contribution in [0, 0.1) is 0 Å². The zero-order valence-corrected chi connectivity index (χ0v) is 35.6. The van der Waals surface area contributed by atoms with Crippen molar-refractivity contribution in [2.75, 3.05) is 4.90 Å². The molecule has 11 rings (SSSR count). The maximum absolute atomic E-state index is 2.57. The number of para-hydroxylation sites is 1. The molecule has 0 bridgehead atoms. The molecule has 0 spiro atoms. The van der Waals surface area contributed by atoms with Gasteiger partial charge in [0.1, 0.15) is 0 Å². The van der Waals surface area contributed by atoms with Crippen LogP contribution in [0.1, 0.15) is 87.8 Å². The van der Waals surface area contributed by atoms with Gasteiger partial charge in [0.2, 0.25) is 0 Å². The average molecular weight is 774 g/mol. The highest BCUT2D eigenvalue weighted by atomic mass is 15.1. The highest BCUT2D eigenvalue weighted by molar-refractivity contribution is 6.01. The Morgan fingerprint density at radius 3 is 1.55 bits per heavy atom. The molecule has 0 heterocycles. The van der Waals surface area contributed by atoms with Crippen LogP contribution in [-0.4, -0.2) is 0 Å². The third kappa shape index (κ3) is 4.93. The van der Waals surface area contributed by atoms with Gasteiger partial charge in [-0.05, 0) is 115 Å². The van der Waals surface area contributed by atoms with Crippen LogP contribution >= 0.6 is 0 Å². The lowest BCUT2D eigenvalue weighted by Crippen LogP contribution is -2.23. The molecule has 8 aromatic carbocycles. The number of anilines is 3. The minimum absolute atomic E-state index is 0.0371. The summed E-state index contributed by atoms with van der Waals surface area (Å²) in [4.78, 5) is 2.57. The molecule has 1 nitrogen and oxygen atoms in total. The largest absolute Gasteiger partial charge is 0.309 e. The summed E-state index contributed by atoms with van der Waals surface area (Å²) in [7, 11) is 0. The third-order valence-corrected chi connectivity index (χ3v) is 14.8. The maximum Gasteiger partial charge on any atom is 0.0543 e. The van der Waals surface area contributed by atoms with Crippen LogP contribution in [0.15, 0.2) is 176 Å². The van der Waals surface area contributed by atoms with Crippen molar-refractivity contribution in [2.45, 2.75) is 70.6 Å². The van der Waals surface area contributed by atoms with Gasteiger partial charge in [-0.15, -0.1) is 0 Å². The number of hydrogen-bond donors (Lipinski definition) is 0. The minimum atomic E-state index is -0.0989. The summed E-state index contributed by atoms with van der Waals surface area (Å²) >= 11 is 0. The fraction of sp³-hybridized carbons (Fsp3) is 0.186. The zero-order valence-electron chi connectivity index (χ0n) is 35.6. The van der Waals surface area contributed by atoms with Gasteiger partial charge >= 0.3 is 0 Å². The lowest BCUT2D eigenvalue weighted by Gasteiger charge is -2.32. The Morgan fingerprint density at radius 1 is 0.350 bits per heavy atom. The summed E-state index contributed by atoms with van der Waals surface area (Å²) in [5.74, 6) is 0. The first kappa shape index (κ1) is 36.6. The molecule has 3 aliphatic carbocycles. The highest BCUT2D eigenvalue weighted by Crippen LogP contribution is 2.59. The predicted octanol–water partition coefficient (Wildman–Crippen LogP) is 16.2. The highest BCUT2D eigenvalue weighted by Gasteiger charge is 2.43. The van der Waals surface area contributed by atoms with Crippen molar-refractivity contribution in [1.29, 1.82) is 0 Å². The number of fused-ring (bicyclic) bond motifs is 9. The monoisotopic (exact) mass is 773 g/mol. The molecule has 8 aromatic rings. The van der Waals surface area contributed by atoms with E-state index in [1.165, 1.54) is 100 Å². The lowest BCUT2D eigenvalue weighted by molar-refractivity contribution is 0.490. The summed E-state index contributed by atoms with van der Waals surface area (Å²) in [6.45, 7) is 14.2. The first-order valence-electron chi connectivity index (χ1n) is 21.9. The van der Waals surface area contributed by atoms with E-state index in [1.807, 2.05) is 0 Å². The molecule has 0 atom stereocenters. The molecular formula is C59H51N. The smallest absolute Gasteiger partial charge is 0.0543 e. The van der Waals surface area contributed by atoms with Crippen molar-refractivity contribution in [3.63, 3.8) is 0 Å². The van der Waals surface area contributed by atoms with Crippen molar-refractivity contribution in [2.24, 2.45) is 0 Å². The molecule has 0 amide bonds. The Morgan fingerprint density at radius 2 is 0.833 bits per heavy atom. The number of benzene rings is 8. The van der Waals surface area contributed by atoms with Crippen molar-refractivity contribution in [3.8, 4) is 55.6 Å². The first-order chi connectivity index (χ1) is 29.2. The molecule has 0 saturated carbocycles. The van der Waals surface area contributed by atoms with E-state index in [-0.39, 0.29) is 16.2 Å². The number of nitrogens with zero attached hydrogens (tertiary/aromatic N) is 1. The molecule has 0 aliphatic heterocycles. The molecule has 0 aromatic heterocycles. The van der Waals surface area contributed by atoms with Crippen LogP contribution in [0.3, 0.4) is 0 Å². The Balaban J connectivity index is 1.15. The van der Waals surface area contributed by atoms with Gasteiger partial charge < -0.3 is 4.90 Å². The fourth-order valence-corrected chi connectivity index (χ4v) is 11.8. The quantitative estimate of drug-likeness (QED) is 0.156. The van der Waals surface area contributed by atoms with Gasteiger partial charge in [-0.3, -0.25) is 0 Å². The van der Waals surface area contributed by atoms with Gasteiger partial charge in [0, 0.05) is 33.1 Å². The molecule has 0 saturated heterocycles. The van der Waals surface area contributed by atoms with E-state index in [2.05, 4.69) is 222 Å². The fourth-order valence-electron chi connectivity index (χ4n) is 11.8. The van der Waals surface area contributed by atoms with Gasteiger partial charge in [0.25, 0.3) is 0 Å². The van der Waals surface area contributed by atoms with Gasteiger partial charge in [0.15, 0.2) is 0 Å². The van der Waals surface area contributed by atoms with Crippen LogP contribution in [0.25, 0.3) is 55.6 Å². The van der Waals surface area contributed by atoms with Crippen molar-refractivity contribution < 1.29 is 0 Å². The summed E-state index contributed by atoms with van der Waals surface area (Å²) in [5.41, 5.74) is 24.9. The molecule has 0 unspecified atom stereocenters. The van der Waals surface area contributed by atoms with Crippen LogP contribution in [-0.2, 0) is 16.2 Å². The van der Waals surface area contributed by atoms with Crippen molar-refractivity contribution >= 4 is 17.1 Å². The molecule has 1 heteroatoms. The number of hydrogen-bond acceptors (Lipinski definition) is 1. The molecule has 0 radical (unpaired) electrons. The average Bonchev–Trinajstić information content (AvgIpc) is 3.82. The van der Waals surface area contributed by atoms with Gasteiger partial charge in [0.05, 0.1) is 11.4 Å². The maximum atomic E-state index is 2.57. The third-order valence-electron chi connectivity index (χ3n) is 14.8. The Bertz CT molecular complexity index is 3010. The van der Waals surface area contributed by atoms with Crippen LogP contribution in [0.2, 0.25) is 0 Å². The van der Waals surface area contributed by atoms with Gasteiger partial charge in [-0.1, -0.05) is 193 Å². The van der Waals surface area contributed by atoms with Crippen LogP contribution in [0.5, 0.6) is 0 Å². The zero-order chi connectivity index (χ0) is 41.0. The normalized spacial score (nSPS) is 15.4. The van der Waals surface area contributed by atoms with Crippen LogP contribution in [0.4, 0.5) is 17.1 Å². The van der Waals surface area contributed by atoms with Crippen LogP contribution < -0.4 is 4.90 Å². The first-order valence-corrected chi connectivity index (χ1v) is 21.9. The predicted molar refractivity (Wildman–Crippen MR) is 254 cm³/mol. The summed E-state index contributed by atoms with van der Waals surface area (Å²) in [6.07, 6.45) is 2.10. The summed E-state index contributed by atoms with van der Waals surface area (Å²) < 4.78 is 0. The molecule has 3 aliphatic rings. The van der Waals surface area contributed by atoms with E-state index < -0.39 is 0 Å². The van der Waals surface area contributed by atoms with Gasteiger partial charge in [-0.25, -0.2) is 0 Å². The molecule has 0 N–H and O–H groups in total. The number of rotatable bonds is 7. The van der Waals surface area contributed by atoms with E-state index in [0.29, 0.717) is 0 Å². The molecule has 292 valence electrons. The second kappa shape index (κ2) is 13.3. The van der Waals surface area contributed by atoms with Crippen molar-refractivity contribution in [1.82, 2.24) is 0 Å². The standard InChI is InChI=1S/C59H51N/c1-7-59(8-2)49-29-15-11-23-46(49)55-51(59)31-19-33-53(55)60(39-36-34-38(35-37-39)40-24-17-26-44-41-20-9-13-27-47(41)58(5,6)56(40)44)52-32-16-12-21-42(52)43-25-18-30-50-54(43)45-22-10-14-28-48(45)57(50,3)4/h9-37H,7-8H2,1-6H3. The van der Waals surface area contributed by atoms with Gasteiger partial charge in [-0.2, -0.15) is 0 Å². The minimum Gasteiger partial charge on any atom is -0.309 e. The molecular weight excluding hydrogens is 723 g/mol. The van der Waals surface area contributed by atoms with E-state index in [0.717, 1.165) is 18.5 Å². The Kier molecular flexibility index (Phi) is 8.11. The molecule has 60 heavy (non-hydrogen) atoms. The molecule has 0 fully saturated rings. The SMILES string of the molecule is CCC1(CC)c2ccccc2-c2c(N(c3ccc(-c4cccc5c4C(C)(C)c4ccccc4-5)cc3)c3ccccc3-c3cccc4c3-c3ccccc3C4(C)C)cccc21. The topological polar surface area (TPSA) is 3.24 Å². The van der Waals surface area contributed by atoms with E-state index >= 15 is 0 Å². The Labute approximate surface area is 356 Å². The summed E-state index contributed by atoms with van der Waals surface area (Å²) in [5, 5.41) is 0. The second-order valence-electron chi connectivity index (χ2n) is 18.2. The van der Waals surface area contributed by atoms with Crippen molar-refractivity contribution in [3.05, 3.63) is 209 Å². The lowest BCUT2D eigenvalue weighted by atomic mass is 9.74. The second-order valence-corrected chi connectivity index (χ2v) is 18.2. The van der Waals surface area contributed by atoms with E-state index in [9.17, 15) is 0 Å². The Hall–Kier alpha value is -6.44. The van der Waals surface area contributed by atoms with E-state index in [4.69, 9.17) is 0 Å².